The Labute approximate surface area is 146 Å². The molecule has 0 saturated carbocycles. The second-order valence-corrected chi connectivity index (χ2v) is 4.99. The summed E-state index contributed by atoms with van der Waals surface area (Å²) in [5.74, 6) is -0.675. The Kier molecular flexibility index (Phi) is 21.1. The number of rotatable bonds is 13. The zero-order chi connectivity index (χ0) is 14.9. The molecule has 0 unspecified atom stereocenters. The van der Waals surface area contributed by atoms with E-state index in [0.717, 1.165) is 44.9 Å². The molecule has 0 amide bonds. The van der Waals surface area contributed by atoms with Crippen LogP contribution in [0.3, 0.4) is 0 Å². The van der Waals surface area contributed by atoms with Gasteiger partial charge in [0.15, 0.2) is 0 Å². The third-order valence-corrected chi connectivity index (χ3v) is 3.04. The highest BCUT2D eigenvalue weighted by molar-refractivity contribution is 5.75. The molecule has 0 heterocycles. The van der Waals surface area contributed by atoms with Gasteiger partial charge in [-0.3, -0.25) is 4.79 Å². The highest BCUT2D eigenvalue weighted by atomic mass is 24.3. The summed E-state index contributed by atoms with van der Waals surface area (Å²) in [6, 6.07) is 0. The first-order valence-corrected chi connectivity index (χ1v) is 7.94. The zero-order valence-corrected chi connectivity index (χ0v) is 12.9. The number of carboxylic acid groups (broad SMARTS) is 1. The molecule has 21 heavy (non-hydrogen) atoms. The van der Waals surface area contributed by atoms with Gasteiger partial charge in [0.1, 0.15) is 0 Å². The number of carboxylic acids is 1. The topological polar surface area (TPSA) is 37.3 Å². The summed E-state index contributed by atoms with van der Waals surface area (Å²) in [4.78, 5) is 10.3. The van der Waals surface area contributed by atoms with Gasteiger partial charge in [0, 0.05) is 6.42 Å². The molecule has 1 N–H and O–H groups in total. The van der Waals surface area contributed by atoms with Crippen LogP contribution in [0.4, 0.5) is 0 Å². The summed E-state index contributed by atoms with van der Waals surface area (Å²) < 4.78 is 0. The van der Waals surface area contributed by atoms with Crippen molar-refractivity contribution in [1.82, 2.24) is 0 Å². The first-order valence-electron chi connectivity index (χ1n) is 7.94. The van der Waals surface area contributed by atoms with Gasteiger partial charge in [-0.1, -0.05) is 62.6 Å². The minimum absolute atomic E-state index is 0. The first kappa shape index (κ1) is 22.7. The Morgan fingerprint density at radius 1 is 0.810 bits per heavy atom. The summed E-state index contributed by atoms with van der Waals surface area (Å²) in [7, 11) is 0. The lowest BCUT2D eigenvalue weighted by Gasteiger charge is -1.98. The van der Waals surface area contributed by atoms with Crippen LogP contribution < -0.4 is 0 Å². The van der Waals surface area contributed by atoms with E-state index in [1.165, 1.54) is 12.8 Å². The highest BCUT2D eigenvalue weighted by Gasteiger charge is 1.95. The van der Waals surface area contributed by atoms with Crippen molar-refractivity contribution in [3.05, 3.63) is 36.5 Å². The van der Waals surface area contributed by atoms with Crippen LogP contribution in [-0.4, -0.2) is 34.1 Å². The Hall–Kier alpha value is -0.544. The van der Waals surface area contributed by atoms with Crippen LogP contribution in [0, 0.1) is 0 Å². The number of hydrogen-bond donors (Lipinski definition) is 1. The molecule has 0 aliphatic carbocycles. The molecule has 0 rings (SSSR count). The summed E-state index contributed by atoms with van der Waals surface area (Å²) in [5.41, 5.74) is 0. The molecule has 0 aromatic heterocycles. The van der Waals surface area contributed by atoms with Crippen molar-refractivity contribution in [1.29, 1.82) is 0 Å². The predicted molar refractivity (Wildman–Crippen MR) is 95.4 cm³/mol. The molecule has 118 valence electrons. The van der Waals surface area contributed by atoms with Crippen LogP contribution in [-0.2, 0) is 4.79 Å². The molecule has 0 atom stereocenters. The van der Waals surface area contributed by atoms with Gasteiger partial charge in [-0.05, 0) is 38.5 Å². The summed E-state index contributed by atoms with van der Waals surface area (Å²) in [6.07, 6.45) is 23.4. The van der Waals surface area contributed by atoms with Crippen molar-refractivity contribution < 1.29 is 9.90 Å². The molecule has 0 aromatic rings. The average Bonchev–Trinajstić information content (AvgIpc) is 2.43. The van der Waals surface area contributed by atoms with Crippen LogP contribution in [0.5, 0.6) is 0 Å². The van der Waals surface area contributed by atoms with Crippen molar-refractivity contribution >= 4 is 29.0 Å². The fraction of sp³-hybridized carbons (Fsp3) is 0.611. The number of hydrogen-bond acceptors (Lipinski definition) is 1. The Morgan fingerprint density at radius 3 is 1.95 bits per heavy atom. The van der Waals surface area contributed by atoms with Gasteiger partial charge in [0.25, 0.3) is 0 Å². The van der Waals surface area contributed by atoms with Gasteiger partial charge in [-0.2, -0.15) is 0 Å². The van der Waals surface area contributed by atoms with Crippen LogP contribution in [0.25, 0.3) is 0 Å². The third-order valence-electron chi connectivity index (χ3n) is 3.04. The maximum Gasteiger partial charge on any atom is 0.316 e. The largest absolute Gasteiger partial charge is 0.481 e. The lowest BCUT2D eigenvalue weighted by atomic mass is 10.1. The maximum absolute atomic E-state index is 10.3. The quantitative estimate of drug-likeness (QED) is 0.303. The van der Waals surface area contributed by atoms with Crippen LogP contribution in [0.15, 0.2) is 36.5 Å². The van der Waals surface area contributed by atoms with Crippen molar-refractivity contribution in [3.8, 4) is 0 Å². The third kappa shape index (κ3) is 21.9. The van der Waals surface area contributed by atoms with Gasteiger partial charge < -0.3 is 5.11 Å². The molecule has 0 radical (unpaired) electrons. The molecule has 0 aromatic carbocycles. The Balaban J connectivity index is 0. The van der Waals surface area contributed by atoms with Gasteiger partial charge in [-0.25, -0.2) is 0 Å². The second kappa shape index (κ2) is 19.5. The molecule has 3 heteroatoms. The van der Waals surface area contributed by atoms with Crippen LogP contribution in [0.2, 0.25) is 0 Å². The summed E-state index contributed by atoms with van der Waals surface area (Å²) in [6.45, 7) is 2.15. The SMILES string of the molecule is CC/C=C\C/C=C\C/C=C\CCCCCCCC(=O)O.[MgH2]. The highest BCUT2D eigenvalue weighted by Crippen LogP contribution is 2.07. The van der Waals surface area contributed by atoms with E-state index in [-0.39, 0.29) is 23.1 Å². The first-order chi connectivity index (χ1) is 9.77. The van der Waals surface area contributed by atoms with Crippen LogP contribution >= 0.6 is 0 Å². The van der Waals surface area contributed by atoms with E-state index in [1.54, 1.807) is 0 Å². The van der Waals surface area contributed by atoms with E-state index in [9.17, 15) is 4.79 Å². The molecule has 0 aliphatic rings. The zero-order valence-electron chi connectivity index (χ0n) is 12.9. The fourth-order valence-electron chi connectivity index (χ4n) is 1.90. The smallest absolute Gasteiger partial charge is 0.316 e. The number of unbranched alkanes of at least 4 members (excludes halogenated alkanes) is 5. The molecular formula is C18H32MgO2. The van der Waals surface area contributed by atoms with E-state index in [0.29, 0.717) is 6.42 Å². The van der Waals surface area contributed by atoms with Crippen molar-refractivity contribution in [2.45, 2.75) is 71.1 Å². The van der Waals surface area contributed by atoms with E-state index in [1.807, 2.05) is 0 Å². The van der Waals surface area contributed by atoms with Crippen molar-refractivity contribution in [2.75, 3.05) is 0 Å². The normalized spacial score (nSPS) is 11.5. The molecule has 0 bridgehead atoms. The summed E-state index contributed by atoms with van der Waals surface area (Å²) in [5, 5.41) is 8.50. The maximum atomic E-state index is 10.3. The average molecular weight is 305 g/mol. The molecule has 2 nitrogen and oxygen atoms in total. The monoisotopic (exact) mass is 304 g/mol. The summed E-state index contributed by atoms with van der Waals surface area (Å²) >= 11 is 0. The standard InChI is InChI=1S/C18H30O2.Mg.2H/c1-2-3-4-5-6-7-8-9-10-11-12-13-14-15-16-17-18(19)20;;;/h3-4,6-7,9-10H,2,5,8,11-17H2,1H3,(H,19,20);;;/b4-3-,7-6-,10-9-;;;. The number of aliphatic carboxylic acids is 1. The molecular weight excluding hydrogens is 273 g/mol. The minimum atomic E-state index is -0.675. The van der Waals surface area contributed by atoms with E-state index < -0.39 is 5.97 Å². The van der Waals surface area contributed by atoms with Crippen molar-refractivity contribution in [3.63, 3.8) is 0 Å². The Morgan fingerprint density at radius 2 is 1.33 bits per heavy atom. The molecule has 0 fully saturated rings. The molecule has 0 spiro atoms. The molecule has 0 aliphatic heterocycles. The lowest BCUT2D eigenvalue weighted by molar-refractivity contribution is -0.137. The van der Waals surface area contributed by atoms with Gasteiger partial charge in [-0.15, -0.1) is 0 Å². The molecule has 0 saturated heterocycles. The minimum Gasteiger partial charge on any atom is -0.481 e. The van der Waals surface area contributed by atoms with Gasteiger partial charge >= 0.3 is 29.0 Å². The van der Waals surface area contributed by atoms with E-state index in [2.05, 4.69) is 43.4 Å². The number of allylic oxidation sites excluding steroid dienone is 6. The van der Waals surface area contributed by atoms with Gasteiger partial charge in [0.05, 0.1) is 0 Å². The lowest BCUT2D eigenvalue weighted by Crippen LogP contribution is -1.93. The van der Waals surface area contributed by atoms with E-state index in [4.69, 9.17) is 5.11 Å². The second-order valence-electron chi connectivity index (χ2n) is 4.99. The van der Waals surface area contributed by atoms with Crippen LogP contribution in [0.1, 0.15) is 71.1 Å². The number of carbonyl (C=O) groups is 1. The predicted octanol–water partition coefficient (Wildman–Crippen LogP) is 4.74. The van der Waals surface area contributed by atoms with Gasteiger partial charge in [0.2, 0.25) is 0 Å². The Bertz CT molecular complexity index is 306. The fourth-order valence-corrected chi connectivity index (χ4v) is 1.90. The van der Waals surface area contributed by atoms with E-state index >= 15 is 0 Å². The van der Waals surface area contributed by atoms with Crippen molar-refractivity contribution in [2.24, 2.45) is 0 Å².